The lowest BCUT2D eigenvalue weighted by atomic mass is 10.1. The largest absolute Gasteiger partial charge is 0.480 e. The lowest BCUT2D eigenvalue weighted by Gasteiger charge is -2.25. The number of carbonyl (C=O) groups excluding carboxylic acids is 1. The molecule has 2 fully saturated rings. The van der Waals surface area contributed by atoms with E-state index in [1.54, 1.807) is 7.05 Å². The summed E-state index contributed by atoms with van der Waals surface area (Å²) < 4.78 is 38.1. The van der Waals surface area contributed by atoms with Gasteiger partial charge in [0.25, 0.3) is 0 Å². The van der Waals surface area contributed by atoms with Crippen molar-refractivity contribution in [2.75, 3.05) is 26.7 Å². The number of rotatable bonds is 5. The lowest BCUT2D eigenvalue weighted by Crippen LogP contribution is -2.37. The maximum Gasteiger partial charge on any atom is 0.416 e. The van der Waals surface area contributed by atoms with Gasteiger partial charge in [0, 0.05) is 25.0 Å². The van der Waals surface area contributed by atoms with E-state index in [0.29, 0.717) is 19.5 Å². The Balaban J connectivity index is 1.55. The van der Waals surface area contributed by atoms with Gasteiger partial charge >= 0.3 is 12.1 Å². The van der Waals surface area contributed by atoms with Gasteiger partial charge in [-0.05, 0) is 56.3 Å². The maximum atomic E-state index is 12.8. The molecule has 2 aliphatic rings. The Labute approximate surface area is 162 Å². The number of carboxylic acid groups (broad SMARTS) is 1. The van der Waals surface area contributed by atoms with E-state index in [1.165, 1.54) is 12.1 Å². The van der Waals surface area contributed by atoms with Crippen LogP contribution in [0.15, 0.2) is 24.3 Å². The number of nitrogens with zero attached hydrogens (tertiary/aromatic N) is 2. The summed E-state index contributed by atoms with van der Waals surface area (Å²) in [6.07, 6.45) is -1.29. The maximum absolute atomic E-state index is 12.8. The first kappa shape index (κ1) is 20.6. The highest BCUT2D eigenvalue weighted by Gasteiger charge is 2.46. The van der Waals surface area contributed by atoms with Crippen LogP contribution in [0.4, 0.5) is 13.2 Å². The first-order chi connectivity index (χ1) is 13.2. The van der Waals surface area contributed by atoms with Gasteiger partial charge in [-0.2, -0.15) is 13.2 Å². The standard InChI is InChI=1S/C20H25F3N2O3/c1-24(12-18(26)27)15-3-2-9-25(10-8-15)19(28)17-11-16(17)13-4-6-14(7-5-13)20(21,22)23/h4-7,15-17H,2-3,8-12H2,1H3,(H,26,27)/t15-,16+,17+/m1/s1. The van der Waals surface area contributed by atoms with Crippen LogP contribution in [-0.2, 0) is 15.8 Å². The number of amides is 1. The number of likely N-dealkylation sites (N-methyl/N-ethyl adjacent to an activating group) is 1. The van der Waals surface area contributed by atoms with Crippen LogP contribution in [0.3, 0.4) is 0 Å². The molecule has 1 aliphatic heterocycles. The number of hydrogen-bond donors (Lipinski definition) is 1. The highest BCUT2D eigenvalue weighted by atomic mass is 19.4. The second-order valence-electron chi connectivity index (χ2n) is 7.79. The van der Waals surface area contributed by atoms with Gasteiger partial charge < -0.3 is 10.0 Å². The minimum atomic E-state index is -4.35. The predicted molar refractivity (Wildman–Crippen MR) is 96.8 cm³/mol. The molecule has 1 aliphatic carbocycles. The molecule has 0 unspecified atom stereocenters. The molecule has 0 aromatic heterocycles. The number of carbonyl (C=O) groups is 2. The van der Waals surface area contributed by atoms with Crippen LogP contribution in [0.2, 0.25) is 0 Å². The van der Waals surface area contributed by atoms with Crippen molar-refractivity contribution in [3.63, 3.8) is 0 Å². The van der Waals surface area contributed by atoms with Gasteiger partial charge in [0.2, 0.25) is 5.91 Å². The highest BCUT2D eigenvalue weighted by molar-refractivity contribution is 5.83. The number of benzene rings is 1. The summed E-state index contributed by atoms with van der Waals surface area (Å²) in [6.45, 7) is 1.22. The average Bonchev–Trinajstić information content (AvgIpc) is 3.43. The van der Waals surface area contributed by atoms with E-state index < -0.39 is 17.7 Å². The van der Waals surface area contributed by atoms with Crippen LogP contribution in [-0.4, -0.2) is 59.5 Å². The van der Waals surface area contributed by atoms with Crippen LogP contribution < -0.4 is 0 Å². The molecule has 28 heavy (non-hydrogen) atoms. The van der Waals surface area contributed by atoms with Crippen molar-refractivity contribution >= 4 is 11.9 Å². The summed E-state index contributed by atoms with van der Waals surface area (Å²) in [4.78, 5) is 27.4. The summed E-state index contributed by atoms with van der Waals surface area (Å²) >= 11 is 0. The predicted octanol–water partition coefficient (Wildman–Crippen LogP) is 3.21. The van der Waals surface area contributed by atoms with E-state index in [1.807, 2.05) is 9.80 Å². The third-order valence-electron chi connectivity index (χ3n) is 5.79. The molecule has 0 bridgehead atoms. The van der Waals surface area contributed by atoms with E-state index >= 15 is 0 Å². The fraction of sp³-hybridized carbons (Fsp3) is 0.600. The van der Waals surface area contributed by atoms with Crippen LogP contribution in [0.25, 0.3) is 0 Å². The fourth-order valence-electron chi connectivity index (χ4n) is 4.07. The Morgan fingerprint density at radius 3 is 2.46 bits per heavy atom. The minimum absolute atomic E-state index is 0.0106. The SMILES string of the molecule is CN(CC(=O)O)[C@@H]1CCCN(C(=O)[C@H]2C[C@H]2c2ccc(C(F)(F)F)cc2)CC1. The molecule has 3 atom stereocenters. The van der Waals surface area contributed by atoms with Crippen molar-refractivity contribution < 1.29 is 27.9 Å². The molecule has 0 radical (unpaired) electrons. The van der Waals surface area contributed by atoms with Gasteiger partial charge in [-0.3, -0.25) is 14.5 Å². The third-order valence-corrected chi connectivity index (χ3v) is 5.79. The van der Waals surface area contributed by atoms with Crippen LogP contribution in [0.5, 0.6) is 0 Å². The zero-order valence-corrected chi connectivity index (χ0v) is 15.8. The van der Waals surface area contributed by atoms with Gasteiger partial charge in [-0.1, -0.05) is 12.1 Å². The summed E-state index contributed by atoms with van der Waals surface area (Å²) in [7, 11) is 1.79. The number of likely N-dealkylation sites (tertiary alicyclic amines) is 1. The Hall–Kier alpha value is -2.09. The van der Waals surface area contributed by atoms with Crippen LogP contribution >= 0.6 is 0 Å². The summed E-state index contributed by atoms with van der Waals surface area (Å²) in [5.41, 5.74) is 0.101. The van der Waals surface area contributed by atoms with E-state index in [4.69, 9.17) is 5.11 Å². The van der Waals surface area contributed by atoms with Crippen molar-refractivity contribution in [1.82, 2.24) is 9.80 Å². The molecule has 1 amide bonds. The summed E-state index contributed by atoms with van der Waals surface area (Å²) in [6, 6.07) is 5.23. The summed E-state index contributed by atoms with van der Waals surface area (Å²) in [5, 5.41) is 8.94. The Morgan fingerprint density at radius 1 is 1.18 bits per heavy atom. The third kappa shape index (κ3) is 4.84. The van der Waals surface area contributed by atoms with E-state index in [0.717, 1.165) is 37.0 Å². The first-order valence-corrected chi connectivity index (χ1v) is 9.55. The topological polar surface area (TPSA) is 60.9 Å². The van der Waals surface area contributed by atoms with Crippen molar-refractivity contribution in [1.29, 1.82) is 0 Å². The monoisotopic (exact) mass is 398 g/mol. The van der Waals surface area contributed by atoms with E-state index in [2.05, 4.69) is 0 Å². The lowest BCUT2D eigenvalue weighted by molar-refractivity contribution is -0.139. The molecule has 3 rings (SSSR count). The van der Waals surface area contributed by atoms with Crippen molar-refractivity contribution in [2.45, 2.75) is 43.8 Å². The molecule has 8 heteroatoms. The quantitative estimate of drug-likeness (QED) is 0.828. The van der Waals surface area contributed by atoms with Crippen LogP contribution in [0, 0.1) is 5.92 Å². The second-order valence-corrected chi connectivity index (χ2v) is 7.79. The second kappa shape index (κ2) is 8.11. The molecule has 1 N–H and O–H groups in total. The molecule has 1 aromatic carbocycles. The summed E-state index contributed by atoms with van der Waals surface area (Å²) in [5.74, 6) is -0.975. The number of halogens is 3. The zero-order chi connectivity index (χ0) is 20.5. The molecule has 1 saturated carbocycles. The van der Waals surface area contributed by atoms with Crippen molar-refractivity contribution in [2.24, 2.45) is 5.92 Å². The fourth-order valence-corrected chi connectivity index (χ4v) is 4.07. The number of hydrogen-bond acceptors (Lipinski definition) is 3. The number of alkyl halides is 3. The molecule has 5 nitrogen and oxygen atoms in total. The normalized spacial score (nSPS) is 25.5. The van der Waals surface area contributed by atoms with Crippen molar-refractivity contribution in [3.05, 3.63) is 35.4 Å². The highest BCUT2D eigenvalue weighted by Crippen LogP contribution is 2.49. The molecule has 0 spiro atoms. The zero-order valence-electron chi connectivity index (χ0n) is 15.8. The number of aliphatic carboxylic acids is 1. The van der Waals surface area contributed by atoms with Gasteiger partial charge in [-0.15, -0.1) is 0 Å². The van der Waals surface area contributed by atoms with E-state index in [9.17, 15) is 22.8 Å². The Bertz CT molecular complexity index is 720. The minimum Gasteiger partial charge on any atom is -0.480 e. The average molecular weight is 398 g/mol. The van der Waals surface area contributed by atoms with Crippen molar-refractivity contribution in [3.8, 4) is 0 Å². The molecule has 1 heterocycles. The van der Waals surface area contributed by atoms with Crippen LogP contribution in [0.1, 0.15) is 42.7 Å². The van der Waals surface area contributed by atoms with Gasteiger partial charge in [0.15, 0.2) is 0 Å². The first-order valence-electron chi connectivity index (χ1n) is 9.55. The van der Waals surface area contributed by atoms with E-state index in [-0.39, 0.29) is 30.3 Å². The Kier molecular flexibility index (Phi) is 5.98. The van der Waals surface area contributed by atoms with Gasteiger partial charge in [0.1, 0.15) is 0 Å². The molecular weight excluding hydrogens is 373 g/mol. The number of carboxylic acids is 1. The molecule has 1 aromatic rings. The molecule has 1 saturated heterocycles. The smallest absolute Gasteiger partial charge is 0.416 e. The van der Waals surface area contributed by atoms with Gasteiger partial charge in [-0.25, -0.2) is 0 Å². The Morgan fingerprint density at radius 2 is 1.86 bits per heavy atom. The molecular formula is C20H25F3N2O3. The molecule has 154 valence electrons. The van der Waals surface area contributed by atoms with Gasteiger partial charge in [0.05, 0.1) is 12.1 Å².